The van der Waals surface area contributed by atoms with Gasteiger partial charge in [0.25, 0.3) is 0 Å². The fraction of sp³-hybridized carbons (Fsp3) is 0.588. The lowest BCUT2D eigenvalue weighted by molar-refractivity contribution is 0.0681. The van der Waals surface area contributed by atoms with E-state index in [4.69, 9.17) is 4.74 Å². The molecule has 1 N–H and O–H groups in total. The summed E-state index contributed by atoms with van der Waals surface area (Å²) in [6.07, 6.45) is 4.41. The second-order valence-corrected chi connectivity index (χ2v) is 6.30. The number of hydrogen-bond acceptors (Lipinski definition) is 4. The van der Waals surface area contributed by atoms with Gasteiger partial charge in [-0.2, -0.15) is 0 Å². The van der Waals surface area contributed by atoms with Crippen LogP contribution in [0.25, 0.3) is 0 Å². The summed E-state index contributed by atoms with van der Waals surface area (Å²) >= 11 is 0. The zero-order chi connectivity index (χ0) is 15.5. The first kappa shape index (κ1) is 15.2. The lowest BCUT2D eigenvalue weighted by Crippen LogP contribution is -2.35. The maximum atomic E-state index is 11.4. The number of benzene rings is 1. The molecule has 0 spiro atoms. The van der Waals surface area contributed by atoms with Crippen LogP contribution in [0.1, 0.15) is 36.0 Å². The molecule has 0 aromatic heterocycles. The first-order chi connectivity index (χ1) is 10.6. The molecular formula is C17H24N2O3. The van der Waals surface area contributed by atoms with Gasteiger partial charge in [-0.3, -0.25) is 0 Å². The molecule has 0 unspecified atom stereocenters. The predicted octanol–water partition coefficient (Wildman–Crippen LogP) is 2.46. The van der Waals surface area contributed by atoms with Crippen LogP contribution in [0.15, 0.2) is 18.2 Å². The van der Waals surface area contributed by atoms with Gasteiger partial charge in [0.05, 0.1) is 0 Å². The van der Waals surface area contributed by atoms with Gasteiger partial charge in [0.15, 0.2) is 0 Å². The van der Waals surface area contributed by atoms with Gasteiger partial charge < -0.3 is 19.6 Å². The Labute approximate surface area is 131 Å². The van der Waals surface area contributed by atoms with E-state index in [9.17, 15) is 9.90 Å². The van der Waals surface area contributed by atoms with E-state index in [-0.39, 0.29) is 11.7 Å². The number of nitrogens with zero attached hydrogens (tertiary/aromatic N) is 2. The van der Waals surface area contributed by atoms with Gasteiger partial charge in [-0.1, -0.05) is 0 Å². The van der Waals surface area contributed by atoms with Crippen molar-refractivity contribution < 1.29 is 14.6 Å². The SMILES string of the molecule is CN1CCC(Oc2cc(N3CCCC3)ccc2C(=O)O)CC1. The number of hydrogen-bond donors (Lipinski definition) is 1. The third kappa shape index (κ3) is 3.35. The Morgan fingerprint density at radius 1 is 1.18 bits per heavy atom. The molecule has 5 heteroatoms. The van der Waals surface area contributed by atoms with E-state index in [0.29, 0.717) is 5.75 Å². The molecule has 2 aliphatic heterocycles. The number of carbonyl (C=O) groups is 1. The van der Waals surface area contributed by atoms with Crippen LogP contribution in [-0.4, -0.2) is 55.3 Å². The molecule has 2 aliphatic rings. The Bertz CT molecular complexity index is 533. The van der Waals surface area contributed by atoms with Crippen LogP contribution >= 0.6 is 0 Å². The molecule has 1 aromatic rings. The molecule has 120 valence electrons. The zero-order valence-corrected chi connectivity index (χ0v) is 13.1. The molecule has 1 aromatic carbocycles. The highest BCUT2D eigenvalue weighted by molar-refractivity contribution is 5.91. The minimum absolute atomic E-state index is 0.114. The number of piperidine rings is 1. The second kappa shape index (κ2) is 6.57. The molecule has 0 saturated carbocycles. The van der Waals surface area contributed by atoms with Crippen LogP contribution < -0.4 is 9.64 Å². The Hall–Kier alpha value is -1.75. The zero-order valence-electron chi connectivity index (χ0n) is 13.1. The van der Waals surface area contributed by atoms with Gasteiger partial charge >= 0.3 is 5.97 Å². The van der Waals surface area contributed by atoms with Crippen molar-refractivity contribution in [1.82, 2.24) is 4.90 Å². The first-order valence-electron chi connectivity index (χ1n) is 8.11. The molecule has 0 atom stereocenters. The summed E-state index contributed by atoms with van der Waals surface area (Å²) in [5, 5.41) is 9.39. The number of rotatable bonds is 4. The Balaban J connectivity index is 1.79. The minimum Gasteiger partial charge on any atom is -0.489 e. The molecule has 0 radical (unpaired) electrons. The molecule has 5 nitrogen and oxygen atoms in total. The maximum Gasteiger partial charge on any atom is 0.339 e. The van der Waals surface area contributed by atoms with E-state index in [1.54, 1.807) is 6.07 Å². The first-order valence-corrected chi connectivity index (χ1v) is 8.11. The standard InChI is InChI=1S/C17H24N2O3/c1-18-10-6-14(7-11-18)22-16-12-13(19-8-2-3-9-19)4-5-15(16)17(20)21/h4-5,12,14H,2-3,6-11H2,1H3,(H,20,21). The van der Waals surface area contributed by atoms with Crippen molar-refractivity contribution in [2.45, 2.75) is 31.8 Å². The van der Waals surface area contributed by atoms with E-state index in [1.165, 1.54) is 12.8 Å². The van der Waals surface area contributed by atoms with Crippen LogP contribution in [0.5, 0.6) is 5.75 Å². The van der Waals surface area contributed by atoms with Crippen molar-refractivity contribution >= 4 is 11.7 Å². The average Bonchev–Trinajstić information content (AvgIpc) is 3.03. The van der Waals surface area contributed by atoms with E-state index < -0.39 is 5.97 Å². The highest BCUT2D eigenvalue weighted by Gasteiger charge is 2.22. The van der Waals surface area contributed by atoms with Crippen molar-refractivity contribution in [3.8, 4) is 5.75 Å². The van der Waals surface area contributed by atoms with E-state index in [0.717, 1.165) is 44.7 Å². The molecule has 2 heterocycles. The molecule has 0 bridgehead atoms. The third-order valence-electron chi connectivity index (χ3n) is 4.63. The number of aromatic carboxylic acids is 1. The lowest BCUT2D eigenvalue weighted by atomic mass is 10.1. The van der Waals surface area contributed by atoms with Crippen molar-refractivity contribution in [2.24, 2.45) is 0 Å². The van der Waals surface area contributed by atoms with Gasteiger partial charge in [-0.25, -0.2) is 4.79 Å². The number of carboxylic acids is 1. The molecule has 3 rings (SSSR count). The summed E-state index contributed by atoms with van der Waals surface area (Å²) in [5.74, 6) is -0.401. The number of carboxylic acid groups (broad SMARTS) is 1. The molecular weight excluding hydrogens is 280 g/mol. The quantitative estimate of drug-likeness (QED) is 0.926. The monoisotopic (exact) mass is 304 g/mol. The molecule has 2 fully saturated rings. The van der Waals surface area contributed by atoms with Gasteiger partial charge in [0.2, 0.25) is 0 Å². The van der Waals surface area contributed by atoms with Crippen molar-refractivity contribution in [3.05, 3.63) is 23.8 Å². The summed E-state index contributed by atoms with van der Waals surface area (Å²) in [5.41, 5.74) is 1.34. The van der Waals surface area contributed by atoms with Gasteiger partial charge in [-0.15, -0.1) is 0 Å². The Morgan fingerprint density at radius 3 is 2.50 bits per heavy atom. The number of anilines is 1. The van der Waals surface area contributed by atoms with Crippen LogP contribution in [0.3, 0.4) is 0 Å². The second-order valence-electron chi connectivity index (χ2n) is 6.30. The van der Waals surface area contributed by atoms with Crippen molar-refractivity contribution in [2.75, 3.05) is 38.1 Å². The summed E-state index contributed by atoms with van der Waals surface area (Å²) in [6, 6.07) is 5.49. The summed E-state index contributed by atoms with van der Waals surface area (Å²) < 4.78 is 6.06. The largest absolute Gasteiger partial charge is 0.489 e. The van der Waals surface area contributed by atoms with Crippen molar-refractivity contribution in [3.63, 3.8) is 0 Å². The van der Waals surface area contributed by atoms with E-state index in [1.807, 2.05) is 12.1 Å². The number of likely N-dealkylation sites (tertiary alicyclic amines) is 1. The smallest absolute Gasteiger partial charge is 0.339 e. The molecule has 22 heavy (non-hydrogen) atoms. The third-order valence-corrected chi connectivity index (χ3v) is 4.63. The van der Waals surface area contributed by atoms with Crippen LogP contribution in [0.4, 0.5) is 5.69 Å². The van der Waals surface area contributed by atoms with Crippen molar-refractivity contribution in [1.29, 1.82) is 0 Å². The molecule has 0 amide bonds. The van der Waals surface area contributed by atoms with E-state index >= 15 is 0 Å². The molecule has 2 saturated heterocycles. The van der Waals surface area contributed by atoms with Crippen LogP contribution in [0.2, 0.25) is 0 Å². The lowest BCUT2D eigenvalue weighted by Gasteiger charge is -2.30. The maximum absolute atomic E-state index is 11.4. The molecule has 0 aliphatic carbocycles. The number of ether oxygens (including phenoxy) is 1. The predicted molar refractivity (Wildman–Crippen MR) is 86.0 cm³/mol. The Morgan fingerprint density at radius 2 is 1.86 bits per heavy atom. The van der Waals surface area contributed by atoms with Crippen LogP contribution in [0, 0.1) is 0 Å². The summed E-state index contributed by atoms with van der Waals surface area (Å²) in [6.45, 7) is 4.08. The summed E-state index contributed by atoms with van der Waals surface area (Å²) in [7, 11) is 2.10. The van der Waals surface area contributed by atoms with Crippen LogP contribution in [-0.2, 0) is 0 Å². The minimum atomic E-state index is -0.920. The Kier molecular flexibility index (Phi) is 4.52. The van der Waals surface area contributed by atoms with E-state index in [2.05, 4.69) is 16.8 Å². The normalized spacial score (nSPS) is 20.3. The van der Waals surface area contributed by atoms with Gasteiger partial charge in [0.1, 0.15) is 17.4 Å². The van der Waals surface area contributed by atoms with Gasteiger partial charge in [0, 0.05) is 37.9 Å². The topological polar surface area (TPSA) is 53.0 Å². The summed E-state index contributed by atoms with van der Waals surface area (Å²) in [4.78, 5) is 16.0. The highest BCUT2D eigenvalue weighted by atomic mass is 16.5. The highest BCUT2D eigenvalue weighted by Crippen LogP contribution is 2.30. The fourth-order valence-corrected chi connectivity index (χ4v) is 3.24. The fourth-order valence-electron chi connectivity index (χ4n) is 3.24. The van der Waals surface area contributed by atoms with Gasteiger partial charge in [-0.05, 0) is 44.9 Å². The average molecular weight is 304 g/mol.